The molecule has 4 heteroatoms. The lowest BCUT2D eigenvalue weighted by Gasteiger charge is -2.13. The summed E-state index contributed by atoms with van der Waals surface area (Å²) in [5.41, 5.74) is 6.16. The van der Waals surface area contributed by atoms with Gasteiger partial charge in [0.2, 0.25) is 5.91 Å². The third-order valence-electron chi connectivity index (χ3n) is 2.44. The van der Waals surface area contributed by atoms with Crippen LogP contribution in [-0.2, 0) is 4.79 Å². The van der Waals surface area contributed by atoms with Crippen molar-refractivity contribution in [2.45, 2.75) is 10.1 Å². The summed E-state index contributed by atoms with van der Waals surface area (Å²) in [6.45, 7) is 0. The molecule has 92 valence electrons. The summed E-state index contributed by atoms with van der Waals surface area (Å²) in [5, 5.41) is -0.580. The summed E-state index contributed by atoms with van der Waals surface area (Å²) in [6.07, 6.45) is 0. The molecule has 0 aliphatic heterocycles. The van der Waals surface area contributed by atoms with Gasteiger partial charge in [0.1, 0.15) is 11.1 Å². The highest BCUT2D eigenvalue weighted by Crippen LogP contribution is 2.36. The maximum Gasteiger partial charge on any atom is 0.235 e. The molecule has 0 heterocycles. The van der Waals surface area contributed by atoms with Crippen molar-refractivity contribution in [1.82, 2.24) is 0 Å². The van der Waals surface area contributed by atoms with Crippen molar-refractivity contribution < 1.29 is 9.18 Å². The fourth-order valence-electron chi connectivity index (χ4n) is 1.59. The van der Waals surface area contributed by atoms with Gasteiger partial charge in [0.05, 0.1) is 0 Å². The number of benzene rings is 2. The first kappa shape index (κ1) is 12.6. The summed E-state index contributed by atoms with van der Waals surface area (Å²) in [4.78, 5) is 11.9. The SMILES string of the molecule is NC(=O)[C@@H](Sc1ccccc1F)c1ccccc1. The quantitative estimate of drug-likeness (QED) is 0.859. The van der Waals surface area contributed by atoms with E-state index in [4.69, 9.17) is 5.73 Å². The van der Waals surface area contributed by atoms with Crippen molar-refractivity contribution in [2.75, 3.05) is 0 Å². The van der Waals surface area contributed by atoms with Crippen LogP contribution in [0.3, 0.4) is 0 Å². The van der Waals surface area contributed by atoms with Crippen LogP contribution in [0.25, 0.3) is 0 Å². The second-order valence-electron chi connectivity index (χ2n) is 3.74. The summed E-state index contributed by atoms with van der Waals surface area (Å²) in [5.74, 6) is -0.820. The Morgan fingerprint density at radius 1 is 1.06 bits per heavy atom. The van der Waals surface area contributed by atoms with Crippen LogP contribution >= 0.6 is 11.8 Å². The Morgan fingerprint density at radius 2 is 1.67 bits per heavy atom. The fourth-order valence-corrected chi connectivity index (χ4v) is 2.59. The van der Waals surface area contributed by atoms with Crippen LogP contribution in [0, 0.1) is 5.82 Å². The monoisotopic (exact) mass is 261 g/mol. The molecule has 2 nitrogen and oxygen atoms in total. The van der Waals surface area contributed by atoms with Crippen LogP contribution in [0.15, 0.2) is 59.5 Å². The van der Waals surface area contributed by atoms with Crippen molar-refractivity contribution in [1.29, 1.82) is 0 Å². The molecule has 0 spiro atoms. The number of carbonyl (C=O) groups is 1. The predicted octanol–water partition coefficient (Wildman–Crippen LogP) is 3.14. The Morgan fingerprint density at radius 3 is 2.28 bits per heavy atom. The van der Waals surface area contributed by atoms with Gasteiger partial charge in [-0.15, -0.1) is 11.8 Å². The van der Waals surface area contributed by atoms with Crippen LogP contribution in [0.2, 0.25) is 0 Å². The molecule has 0 radical (unpaired) electrons. The van der Waals surface area contributed by atoms with Crippen LogP contribution in [0.5, 0.6) is 0 Å². The second kappa shape index (κ2) is 5.69. The third kappa shape index (κ3) is 2.90. The summed E-state index contributed by atoms with van der Waals surface area (Å²) in [7, 11) is 0. The molecule has 18 heavy (non-hydrogen) atoms. The zero-order valence-corrected chi connectivity index (χ0v) is 10.4. The zero-order valence-electron chi connectivity index (χ0n) is 9.55. The number of hydrogen-bond acceptors (Lipinski definition) is 2. The van der Waals surface area contributed by atoms with Gasteiger partial charge < -0.3 is 5.73 Å². The number of rotatable bonds is 4. The predicted molar refractivity (Wildman–Crippen MR) is 70.6 cm³/mol. The summed E-state index contributed by atoms with van der Waals surface area (Å²) >= 11 is 1.13. The molecule has 1 amide bonds. The van der Waals surface area contributed by atoms with E-state index in [-0.39, 0.29) is 5.82 Å². The lowest BCUT2D eigenvalue weighted by molar-refractivity contribution is -0.117. The van der Waals surface area contributed by atoms with E-state index in [1.165, 1.54) is 6.07 Å². The normalized spacial score (nSPS) is 12.1. The van der Waals surface area contributed by atoms with Crippen molar-refractivity contribution in [3.05, 3.63) is 66.0 Å². The van der Waals surface area contributed by atoms with Gasteiger partial charge in [-0.2, -0.15) is 0 Å². The maximum atomic E-state index is 13.6. The number of nitrogens with two attached hydrogens (primary N) is 1. The van der Waals surface area contributed by atoms with E-state index in [0.29, 0.717) is 4.90 Å². The molecule has 0 bridgehead atoms. The first-order chi connectivity index (χ1) is 8.68. The third-order valence-corrected chi connectivity index (χ3v) is 3.77. The number of halogens is 1. The van der Waals surface area contributed by atoms with Gasteiger partial charge >= 0.3 is 0 Å². The molecular weight excluding hydrogens is 249 g/mol. The van der Waals surface area contributed by atoms with E-state index in [9.17, 15) is 9.18 Å². The first-order valence-electron chi connectivity index (χ1n) is 5.44. The molecule has 2 aromatic carbocycles. The van der Waals surface area contributed by atoms with Crippen molar-refractivity contribution in [2.24, 2.45) is 5.73 Å². The van der Waals surface area contributed by atoms with E-state index in [1.807, 2.05) is 30.3 Å². The van der Waals surface area contributed by atoms with Crippen molar-refractivity contribution >= 4 is 17.7 Å². The molecule has 0 unspecified atom stereocenters. The Hall–Kier alpha value is -1.81. The maximum absolute atomic E-state index is 13.6. The second-order valence-corrected chi connectivity index (χ2v) is 4.89. The molecule has 0 aliphatic rings. The molecule has 0 saturated carbocycles. The first-order valence-corrected chi connectivity index (χ1v) is 6.32. The van der Waals surface area contributed by atoms with Crippen molar-refractivity contribution in [3.8, 4) is 0 Å². The Kier molecular flexibility index (Phi) is 3.99. The topological polar surface area (TPSA) is 43.1 Å². The largest absolute Gasteiger partial charge is 0.368 e. The number of thioether (sulfide) groups is 1. The number of hydrogen-bond donors (Lipinski definition) is 1. The highest BCUT2D eigenvalue weighted by atomic mass is 32.2. The van der Waals surface area contributed by atoms with E-state index in [2.05, 4.69) is 0 Å². The van der Waals surface area contributed by atoms with E-state index in [1.54, 1.807) is 18.2 Å². The van der Waals surface area contributed by atoms with Crippen LogP contribution < -0.4 is 5.73 Å². The molecule has 2 aromatic rings. The van der Waals surface area contributed by atoms with Gasteiger partial charge in [-0.05, 0) is 17.7 Å². The average Bonchev–Trinajstić information content (AvgIpc) is 2.38. The zero-order chi connectivity index (χ0) is 13.0. The van der Waals surface area contributed by atoms with Crippen LogP contribution in [0.1, 0.15) is 10.8 Å². The fraction of sp³-hybridized carbons (Fsp3) is 0.0714. The van der Waals surface area contributed by atoms with E-state index >= 15 is 0 Å². The van der Waals surface area contributed by atoms with Gasteiger partial charge in [-0.25, -0.2) is 4.39 Å². The number of carbonyl (C=O) groups excluding carboxylic acids is 1. The molecular formula is C14H12FNOS. The Labute approximate surface area is 109 Å². The molecule has 0 aliphatic carbocycles. The highest BCUT2D eigenvalue weighted by molar-refractivity contribution is 8.00. The van der Waals surface area contributed by atoms with Gasteiger partial charge in [-0.3, -0.25) is 4.79 Å². The lowest BCUT2D eigenvalue weighted by Crippen LogP contribution is -2.18. The Balaban J connectivity index is 2.28. The molecule has 0 saturated heterocycles. The average molecular weight is 261 g/mol. The Bertz CT molecular complexity index is 545. The summed E-state index contributed by atoms with van der Waals surface area (Å²) < 4.78 is 13.6. The van der Waals surface area contributed by atoms with Gasteiger partial charge in [0.15, 0.2) is 0 Å². The van der Waals surface area contributed by atoms with Gasteiger partial charge in [-0.1, -0.05) is 42.5 Å². The minimum Gasteiger partial charge on any atom is -0.368 e. The van der Waals surface area contributed by atoms with Gasteiger partial charge in [0.25, 0.3) is 0 Å². The van der Waals surface area contributed by atoms with Crippen molar-refractivity contribution in [3.63, 3.8) is 0 Å². The molecule has 0 fully saturated rings. The van der Waals surface area contributed by atoms with Crippen LogP contribution in [0.4, 0.5) is 4.39 Å². The van der Waals surface area contributed by atoms with Gasteiger partial charge in [0, 0.05) is 4.90 Å². The lowest BCUT2D eigenvalue weighted by atomic mass is 10.1. The van der Waals surface area contributed by atoms with Crippen LogP contribution in [-0.4, -0.2) is 5.91 Å². The number of amides is 1. The molecule has 0 aromatic heterocycles. The van der Waals surface area contributed by atoms with E-state index in [0.717, 1.165) is 17.3 Å². The highest BCUT2D eigenvalue weighted by Gasteiger charge is 2.20. The minimum absolute atomic E-state index is 0.343. The summed E-state index contributed by atoms with van der Waals surface area (Å²) in [6, 6.07) is 15.5. The molecule has 1 atom stereocenters. The number of primary amides is 1. The smallest absolute Gasteiger partial charge is 0.235 e. The standard InChI is InChI=1S/C14H12FNOS/c15-11-8-4-5-9-12(11)18-13(14(16)17)10-6-2-1-3-7-10/h1-9,13H,(H2,16,17)/t13-/m0/s1. The molecule has 2 rings (SSSR count). The molecule has 2 N–H and O–H groups in total. The minimum atomic E-state index is -0.580. The van der Waals surface area contributed by atoms with E-state index < -0.39 is 11.2 Å².